The number of furan rings is 1. The molecule has 3 aromatic rings. The van der Waals surface area contributed by atoms with E-state index in [1.54, 1.807) is 0 Å². The molecule has 0 radical (unpaired) electrons. The molecule has 0 saturated carbocycles. The average Bonchev–Trinajstić information content (AvgIpc) is 3.41. The molecule has 2 aromatic heterocycles. The van der Waals surface area contributed by atoms with E-state index in [1.807, 2.05) is 41.9 Å². The van der Waals surface area contributed by atoms with E-state index in [4.69, 9.17) is 28.7 Å². The molecule has 1 atom stereocenters. The smallest absolute Gasteiger partial charge is 0.217 e. The Morgan fingerprint density at radius 3 is 2.69 bits per heavy atom. The molecule has 0 N–H and O–H groups in total. The highest BCUT2D eigenvalue weighted by atomic mass is 16.6. The second kappa shape index (κ2) is 6.17. The summed E-state index contributed by atoms with van der Waals surface area (Å²) in [7, 11) is 0. The molecule has 1 fully saturated rings. The van der Waals surface area contributed by atoms with Crippen molar-refractivity contribution in [2.45, 2.75) is 19.3 Å². The average molecular weight is 353 g/mol. The van der Waals surface area contributed by atoms with Crippen molar-refractivity contribution in [1.29, 1.82) is 0 Å². The molecule has 1 saturated heterocycles. The summed E-state index contributed by atoms with van der Waals surface area (Å²) < 4.78 is 24.5. The number of aryl methyl sites for hydroxylation is 1. The summed E-state index contributed by atoms with van der Waals surface area (Å²) in [5.74, 6) is 4.65. The number of aromatic nitrogens is 3. The van der Waals surface area contributed by atoms with Gasteiger partial charge in [-0.05, 0) is 37.6 Å². The first-order valence-corrected chi connectivity index (χ1v) is 8.79. The van der Waals surface area contributed by atoms with Crippen LogP contribution in [0.15, 0.2) is 34.7 Å². The standard InChI is InChI=1S/C19H19N3O4/c1-12-2-4-16(26-12)18-20-19(13-6-7-23-11-13)22(21-18)14-3-5-15-17(10-14)25-9-8-24-15/h2-5,10,13H,6-9,11H2,1H3/t13-/m1/s1. The van der Waals surface area contributed by atoms with Crippen LogP contribution in [0.3, 0.4) is 0 Å². The van der Waals surface area contributed by atoms with E-state index in [-0.39, 0.29) is 5.92 Å². The molecular weight excluding hydrogens is 334 g/mol. The van der Waals surface area contributed by atoms with Gasteiger partial charge in [-0.3, -0.25) is 0 Å². The van der Waals surface area contributed by atoms with Crippen LogP contribution in [0.2, 0.25) is 0 Å². The van der Waals surface area contributed by atoms with Gasteiger partial charge in [-0.1, -0.05) is 0 Å². The van der Waals surface area contributed by atoms with Crippen LogP contribution in [-0.4, -0.2) is 41.2 Å². The van der Waals surface area contributed by atoms with Gasteiger partial charge in [0.25, 0.3) is 0 Å². The van der Waals surface area contributed by atoms with Gasteiger partial charge in [0.1, 0.15) is 24.8 Å². The molecule has 7 heteroatoms. The maximum Gasteiger partial charge on any atom is 0.217 e. The minimum absolute atomic E-state index is 0.209. The van der Waals surface area contributed by atoms with E-state index in [9.17, 15) is 0 Å². The van der Waals surface area contributed by atoms with Crippen molar-refractivity contribution in [2.75, 3.05) is 26.4 Å². The number of hydrogen-bond donors (Lipinski definition) is 0. The van der Waals surface area contributed by atoms with Crippen molar-refractivity contribution < 1.29 is 18.6 Å². The first-order valence-electron chi connectivity index (χ1n) is 8.79. The Morgan fingerprint density at radius 1 is 1.04 bits per heavy atom. The third-order valence-corrected chi connectivity index (χ3v) is 4.66. The molecule has 5 rings (SSSR count). The maximum atomic E-state index is 5.72. The third kappa shape index (κ3) is 2.64. The van der Waals surface area contributed by atoms with Crippen molar-refractivity contribution in [1.82, 2.24) is 14.8 Å². The van der Waals surface area contributed by atoms with Crippen LogP contribution in [0.25, 0.3) is 17.3 Å². The Bertz CT molecular complexity index is 940. The highest BCUT2D eigenvalue weighted by Gasteiger charge is 2.27. The van der Waals surface area contributed by atoms with Crippen molar-refractivity contribution in [2.24, 2.45) is 0 Å². The van der Waals surface area contributed by atoms with E-state index in [1.165, 1.54) is 0 Å². The maximum absolute atomic E-state index is 5.72. The van der Waals surface area contributed by atoms with Crippen molar-refractivity contribution >= 4 is 0 Å². The molecule has 0 bridgehead atoms. The van der Waals surface area contributed by atoms with Crippen LogP contribution >= 0.6 is 0 Å². The highest BCUT2D eigenvalue weighted by Crippen LogP contribution is 2.34. The SMILES string of the molecule is Cc1ccc(-c2nc([C@@H]3CCOC3)n(-c3ccc4c(c3)OCCO4)n2)o1. The summed E-state index contributed by atoms with van der Waals surface area (Å²) in [6.07, 6.45) is 0.930. The molecule has 2 aliphatic rings. The van der Waals surface area contributed by atoms with Gasteiger partial charge in [0.15, 0.2) is 17.3 Å². The van der Waals surface area contributed by atoms with Crippen LogP contribution in [0.4, 0.5) is 0 Å². The Hall–Kier alpha value is -2.80. The summed E-state index contributed by atoms with van der Waals surface area (Å²) in [5.41, 5.74) is 0.887. The Balaban J connectivity index is 1.61. The van der Waals surface area contributed by atoms with E-state index in [0.717, 1.165) is 41.8 Å². The van der Waals surface area contributed by atoms with Gasteiger partial charge in [0.2, 0.25) is 5.82 Å². The summed E-state index contributed by atoms with van der Waals surface area (Å²) >= 11 is 0. The molecule has 0 unspecified atom stereocenters. The summed E-state index contributed by atoms with van der Waals surface area (Å²) in [6, 6.07) is 9.64. The Morgan fingerprint density at radius 2 is 1.92 bits per heavy atom. The van der Waals surface area contributed by atoms with Crippen molar-refractivity contribution in [3.05, 3.63) is 41.9 Å². The minimum atomic E-state index is 0.209. The van der Waals surface area contributed by atoms with Gasteiger partial charge < -0.3 is 18.6 Å². The van der Waals surface area contributed by atoms with Crippen LogP contribution < -0.4 is 9.47 Å². The summed E-state index contributed by atoms with van der Waals surface area (Å²) in [5, 5.41) is 4.72. The first-order chi connectivity index (χ1) is 12.8. The van der Waals surface area contributed by atoms with Gasteiger partial charge in [-0.2, -0.15) is 0 Å². The van der Waals surface area contributed by atoms with Gasteiger partial charge in [0, 0.05) is 18.6 Å². The number of nitrogens with zero attached hydrogens (tertiary/aromatic N) is 3. The minimum Gasteiger partial charge on any atom is -0.486 e. The molecule has 1 aromatic carbocycles. The second-order valence-electron chi connectivity index (χ2n) is 6.50. The van der Waals surface area contributed by atoms with Crippen molar-refractivity contribution in [3.63, 3.8) is 0 Å². The normalized spacial score (nSPS) is 19.0. The van der Waals surface area contributed by atoms with Crippen molar-refractivity contribution in [3.8, 4) is 28.8 Å². The Kier molecular flexibility index (Phi) is 3.67. The number of fused-ring (bicyclic) bond motifs is 1. The largest absolute Gasteiger partial charge is 0.486 e. The molecule has 134 valence electrons. The molecule has 0 aliphatic carbocycles. The van der Waals surface area contributed by atoms with Gasteiger partial charge in [-0.25, -0.2) is 9.67 Å². The van der Waals surface area contributed by atoms with Gasteiger partial charge in [-0.15, -0.1) is 5.10 Å². The zero-order valence-electron chi connectivity index (χ0n) is 14.5. The van der Waals surface area contributed by atoms with Crippen LogP contribution in [-0.2, 0) is 4.74 Å². The monoisotopic (exact) mass is 353 g/mol. The fourth-order valence-electron chi connectivity index (χ4n) is 3.34. The lowest BCUT2D eigenvalue weighted by atomic mass is 10.1. The molecule has 0 spiro atoms. The van der Waals surface area contributed by atoms with Crippen LogP contribution in [0.1, 0.15) is 23.9 Å². The third-order valence-electron chi connectivity index (χ3n) is 4.66. The van der Waals surface area contributed by atoms with Gasteiger partial charge in [0.05, 0.1) is 12.3 Å². The first kappa shape index (κ1) is 15.5. The van der Waals surface area contributed by atoms with E-state index in [2.05, 4.69) is 0 Å². The summed E-state index contributed by atoms with van der Waals surface area (Å²) in [6.45, 7) is 4.43. The zero-order valence-corrected chi connectivity index (χ0v) is 14.5. The fourth-order valence-corrected chi connectivity index (χ4v) is 3.34. The lowest BCUT2D eigenvalue weighted by Crippen LogP contribution is -2.16. The van der Waals surface area contributed by atoms with Crippen LogP contribution in [0.5, 0.6) is 11.5 Å². The van der Waals surface area contributed by atoms with Crippen LogP contribution in [0, 0.1) is 6.92 Å². The number of ether oxygens (including phenoxy) is 3. The lowest BCUT2D eigenvalue weighted by Gasteiger charge is -2.19. The molecular formula is C19H19N3O4. The van der Waals surface area contributed by atoms with E-state index < -0.39 is 0 Å². The highest BCUT2D eigenvalue weighted by molar-refractivity contribution is 5.52. The molecule has 2 aliphatic heterocycles. The quantitative estimate of drug-likeness (QED) is 0.720. The van der Waals surface area contributed by atoms with Gasteiger partial charge >= 0.3 is 0 Å². The van der Waals surface area contributed by atoms with E-state index in [0.29, 0.717) is 31.4 Å². The fraction of sp³-hybridized carbons (Fsp3) is 0.368. The van der Waals surface area contributed by atoms with E-state index >= 15 is 0 Å². The second-order valence-corrected chi connectivity index (χ2v) is 6.50. The lowest BCUT2D eigenvalue weighted by molar-refractivity contribution is 0.171. The molecule has 4 heterocycles. The predicted octanol–water partition coefficient (Wildman–Crippen LogP) is 3.11. The number of rotatable bonds is 3. The molecule has 7 nitrogen and oxygen atoms in total. The zero-order chi connectivity index (χ0) is 17.5. The Labute approximate surface area is 150 Å². The topological polar surface area (TPSA) is 71.5 Å². The predicted molar refractivity (Wildman–Crippen MR) is 93.0 cm³/mol. The number of benzene rings is 1. The molecule has 26 heavy (non-hydrogen) atoms. The number of hydrogen-bond acceptors (Lipinski definition) is 6. The summed E-state index contributed by atoms with van der Waals surface area (Å²) in [4.78, 5) is 4.77. The molecule has 0 amide bonds.